The van der Waals surface area contributed by atoms with Crippen LogP contribution in [-0.4, -0.2) is 63.8 Å². The molecule has 0 bridgehead atoms. The average Bonchev–Trinajstić information content (AvgIpc) is 3.21. The largest absolute Gasteiger partial charge is 0.447 e. The number of piperazine rings is 1. The highest BCUT2D eigenvalue weighted by Gasteiger charge is 2.50. The second kappa shape index (κ2) is 6.35. The van der Waals surface area contributed by atoms with Gasteiger partial charge in [-0.15, -0.1) is 0 Å². The third-order valence-electron chi connectivity index (χ3n) is 6.06. The van der Waals surface area contributed by atoms with Crippen molar-refractivity contribution >= 4 is 12.0 Å². The molecule has 1 aromatic rings. The third-order valence-corrected chi connectivity index (χ3v) is 6.06. The van der Waals surface area contributed by atoms with Gasteiger partial charge in [0.1, 0.15) is 6.61 Å². The van der Waals surface area contributed by atoms with E-state index >= 15 is 0 Å². The van der Waals surface area contributed by atoms with Crippen molar-refractivity contribution in [2.75, 3.05) is 26.2 Å². The Morgan fingerprint density at radius 1 is 1.32 bits per heavy atom. The Labute approximate surface area is 147 Å². The first-order valence-electron chi connectivity index (χ1n) is 9.40. The quantitative estimate of drug-likeness (QED) is 0.899. The number of nitrogens with zero attached hydrogens (tertiary/aromatic N) is 3. The number of aromatic nitrogens is 2. The number of hydrogen-bond acceptors (Lipinski definition) is 4. The van der Waals surface area contributed by atoms with Gasteiger partial charge in [0.2, 0.25) is 5.91 Å². The molecule has 3 heterocycles. The van der Waals surface area contributed by atoms with Gasteiger partial charge in [-0.25, -0.2) is 4.79 Å². The molecule has 7 nitrogen and oxygen atoms in total. The smallest absolute Gasteiger partial charge is 0.410 e. The first kappa shape index (κ1) is 16.4. The van der Waals surface area contributed by atoms with Crippen molar-refractivity contribution in [2.24, 2.45) is 0 Å². The zero-order valence-electron chi connectivity index (χ0n) is 14.8. The van der Waals surface area contributed by atoms with Crippen molar-refractivity contribution in [1.29, 1.82) is 0 Å². The Morgan fingerprint density at radius 3 is 3.00 bits per heavy atom. The fraction of sp³-hybridized carbons (Fsp3) is 0.722. The van der Waals surface area contributed by atoms with Gasteiger partial charge < -0.3 is 9.64 Å². The van der Waals surface area contributed by atoms with Crippen LogP contribution in [0.3, 0.4) is 0 Å². The third kappa shape index (κ3) is 2.79. The van der Waals surface area contributed by atoms with E-state index in [1.54, 1.807) is 4.90 Å². The van der Waals surface area contributed by atoms with E-state index in [-0.39, 0.29) is 17.5 Å². The predicted molar refractivity (Wildman–Crippen MR) is 91.2 cm³/mol. The summed E-state index contributed by atoms with van der Waals surface area (Å²) in [6, 6.07) is 0. The monoisotopic (exact) mass is 346 g/mol. The number of carbonyl (C=O) groups excluding carboxylic acids is 2. The number of carbonyl (C=O) groups is 2. The highest BCUT2D eigenvalue weighted by atomic mass is 16.6. The molecule has 1 aliphatic carbocycles. The van der Waals surface area contributed by atoms with Crippen molar-refractivity contribution in [1.82, 2.24) is 20.0 Å². The van der Waals surface area contributed by atoms with Gasteiger partial charge >= 0.3 is 6.09 Å². The number of cyclic esters (lactones) is 1. The number of aromatic amines is 1. The maximum Gasteiger partial charge on any atom is 0.410 e. The average molecular weight is 346 g/mol. The Morgan fingerprint density at radius 2 is 2.16 bits per heavy atom. The maximum atomic E-state index is 12.7. The van der Waals surface area contributed by atoms with Crippen LogP contribution in [0, 0.1) is 0 Å². The minimum atomic E-state index is -0.337. The molecule has 2 amide bonds. The van der Waals surface area contributed by atoms with Gasteiger partial charge in [0.15, 0.2) is 0 Å². The summed E-state index contributed by atoms with van der Waals surface area (Å²) in [6.45, 7) is 4.18. The molecule has 0 radical (unpaired) electrons. The molecule has 2 fully saturated rings. The predicted octanol–water partition coefficient (Wildman–Crippen LogP) is 1.66. The normalized spacial score (nSPS) is 25.6. The molecule has 3 aliphatic rings. The summed E-state index contributed by atoms with van der Waals surface area (Å²) in [5.74, 6) is 0.152. The van der Waals surface area contributed by atoms with Gasteiger partial charge in [0.05, 0.1) is 11.2 Å². The number of nitrogens with one attached hydrogen (secondary N) is 1. The minimum Gasteiger partial charge on any atom is -0.447 e. The topological polar surface area (TPSA) is 78.5 Å². The molecule has 2 aliphatic heterocycles. The van der Waals surface area contributed by atoms with Gasteiger partial charge in [0, 0.05) is 38.2 Å². The number of H-pyrrole nitrogens is 1. The van der Waals surface area contributed by atoms with Crippen LogP contribution < -0.4 is 0 Å². The van der Waals surface area contributed by atoms with E-state index in [4.69, 9.17) is 4.74 Å². The van der Waals surface area contributed by atoms with Crippen LogP contribution in [0.25, 0.3) is 0 Å². The number of amides is 2. The fourth-order valence-electron chi connectivity index (χ4n) is 4.42. The summed E-state index contributed by atoms with van der Waals surface area (Å²) in [7, 11) is 0. The molecule has 2 saturated heterocycles. The Hall–Kier alpha value is -2.05. The molecule has 4 rings (SSSR count). The summed E-state index contributed by atoms with van der Waals surface area (Å²) in [5.41, 5.74) is 3.32. The van der Waals surface area contributed by atoms with Crippen LogP contribution >= 0.6 is 0 Å². The molecule has 1 aromatic heterocycles. The van der Waals surface area contributed by atoms with Crippen molar-refractivity contribution < 1.29 is 14.3 Å². The first-order chi connectivity index (χ1) is 12.1. The molecular formula is C18H26N4O3. The Bertz CT molecular complexity index is 686. The van der Waals surface area contributed by atoms with Gasteiger partial charge in [-0.05, 0) is 37.7 Å². The lowest BCUT2D eigenvalue weighted by Gasteiger charge is -2.44. The zero-order chi connectivity index (χ0) is 17.4. The van der Waals surface area contributed by atoms with Crippen LogP contribution in [0.4, 0.5) is 4.79 Å². The second-order valence-electron chi connectivity index (χ2n) is 7.43. The molecule has 1 unspecified atom stereocenters. The lowest BCUT2D eigenvalue weighted by atomic mass is 9.92. The van der Waals surface area contributed by atoms with E-state index in [1.807, 2.05) is 4.90 Å². The molecule has 0 saturated carbocycles. The van der Waals surface area contributed by atoms with Gasteiger partial charge in [0.25, 0.3) is 0 Å². The summed E-state index contributed by atoms with van der Waals surface area (Å²) in [5, 5.41) is 7.58. The lowest BCUT2D eigenvalue weighted by molar-refractivity contribution is -0.135. The summed E-state index contributed by atoms with van der Waals surface area (Å²) in [4.78, 5) is 28.3. The molecule has 25 heavy (non-hydrogen) atoms. The number of hydrogen-bond donors (Lipinski definition) is 1. The number of aryl methyl sites for hydroxylation is 2. The maximum absolute atomic E-state index is 12.7. The van der Waals surface area contributed by atoms with Crippen molar-refractivity contribution in [3.63, 3.8) is 0 Å². The van der Waals surface area contributed by atoms with Gasteiger partial charge in [-0.3, -0.25) is 14.8 Å². The van der Waals surface area contributed by atoms with Gasteiger partial charge in [-0.2, -0.15) is 5.10 Å². The number of rotatable bonds is 4. The number of ether oxygens (including phenoxy) is 1. The Kier molecular flexibility index (Phi) is 4.17. The minimum absolute atomic E-state index is 0.152. The van der Waals surface area contributed by atoms with E-state index in [9.17, 15) is 9.59 Å². The molecule has 7 heteroatoms. The summed E-state index contributed by atoms with van der Waals surface area (Å²) >= 11 is 0. The first-order valence-corrected chi connectivity index (χ1v) is 9.40. The second-order valence-corrected chi connectivity index (χ2v) is 7.43. The fourth-order valence-corrected chi connectivity index (χ4v) is 4.42. The molecule has 0 aromatic carbocycles. The van der Waals surface area contributed by atoms with Crippen molar-refractivity contribution in [2.45, 2.75) is 57.4 Å². The number of fused-ring (bicyclic) bond motifs is 2. The zero-order valence-corrected chi connectivity index (χ0v) is 14.8. The molecule has 136 valence electrons. The van der Waals surface area contributed by atoms with Crippen molar-refractivity contribution in [3.8, 4) is 0 Å². The van der Waals surface area contributed by atoms with Crippen molar-refractivity contribution in [3.05, 3.63) is 17.0 Å². The highest BCUT2D eigenvalue weighted by Crippen LogP contribution is 2.32. The van der Waals surface area contributed by atoms with Crippen LogP contribution in [0.1, 0.15) is 49.6 Å². The molecular weight excluding hydrogens is 320 g/mol. The lowest BCUT2D eigenvalue weighted by Crippen LogP contribution is -2.62. The Balaban J connectivity index is 1.39. The van der Waals surface area contributed by atoms with Crippen LogP contribution in [0.5, 0.6) is 0 Å². The van der Waals surface area contributed by atoms with Gasteiger partial charge in [-0.1, -0.05) is 6.92 Å². The van der Waals surface area contributed by atoms with E-state index in [0.29, 0.717) is 39.1 Å². The molecule has 1 atom stereocenters. The van der Waals surface area contributed by atoms with E-state index in [0.717, 1.165) is 25.0 Å². The van der Waals surface area contributed by atoms with Crippen LogP contribution in [0.2, 0.25) is 0 Å². The summed E-state index contributed by atoms with van der Waals surface area (Å²) in [6.07, 6.45) is 6.32. The van der Waals surface area contributed by atoms with E-state index < -0.39 is 0 Å². The molecule has 0 spiro atoms. The van der Waals surface area contributed by atoms with E-state index in [2.05, 4.69) is 17.1 Å². The van der Waals surface area contributed by atoms with Crippen LogP contribution in [-0.2, 0) is 28.8 Å². The SMILES string of the molecule is CCC12COC(=O)N1CCN(C(=O)CCc1n[nH]c3c1CCCC3)C2. The summed E-state index contributed by atoms with van der Waals surface area (Å²) < 4.78 is 5.24. The van der Waals surface area contributed by atoms with Crippen LogP contribution in [0.15, 0.2) is 0 Å². The standard InChI is InChI=1S/C18H26N4O3/c1-2-18-11-21(9-10-22(18)17(24)25-12-18)16(23)8-7-15-13-5-3-4-6-14(13)19-20-15/h2-12H2,1H3,(H,19,20). The highest BCUT2D eigenvalue weighted by molar-refractivity contribution is 5.78. The van der Waals surface area contributed by atoms with E-state index in [1.165, 1.54) is 24.1 Å². The molecule has 1 N–H and O–H groups in total.